The Labute approximate surface area is 175 Å². The van der Waals surface area contributed by atoms with Crippen LogP contribution in [-0.2, 0) is 22.5 Å². The molecule has 1 fully saturated rings. The van der Waals surface area contributed by atoms with Crippen LogP contribution in [0.3, 0.4) is 0 Å². The maximum Gasteiger partial charge on any atom is 0.251 e. The summed E-state index contributed by atoms with van der Waals surface area (Å²) in [7, 11) is 0. The Morgan fingerprint density at radius 3 is 2.57 bits per heavy atom. The number of hydrogen-bond donors (Lipinski definition) is 1. The largest absolute Gasteiger partial charge is 0.378 e. The van der Waals surface area contributed by atoms with Crippen LogP contribution in [0.5, 0.6) is 0 Å². The topological polar surface area (TPSA) is 76.5 Å². The first-order valence-corrected chi connectivity index (χ1v) is 10.3. The molecule has 0 unspecified atom stereocenters. The van der Waals surface area contributed by atoms with Crippen LogP contribution in [0.2, 0.25) is 0 Å². The highest BCUT2D eigenvalue weighted by Crippen LogP contribution is 2.17. The van der Waals surface area contributed by atoms with E-state index in [0.717, 1.165) is 22.4 Å². The van der Waals surface area contributed by atoms with Crippen molar-refractivity contribution in [3.63, 3.8) is 0 Å². The Morgan fingerprint density at radius 2 is 1.80 bits per heavy atom. The lowest BCUT2D eigenvalue weighted by Gasteiger charge is -2.27. The van der Waals surface area contributed by atoms with E-state index in [2.05, 4.69) is 5.32 Å². The Kier molecular flexibility index (Phi) is 6.09. The molecule has 1 aromatic heterocycles. The summed E-state index contributed by atoms with van der Waals surface area (Å²) >= 11 is 0. The van der Waals surface area contributed by atoms with E-state index < -0.39 is 0 Å². The molecule has 3 aromatic rings. The van der Waals surface area contributed by atoms with Crippen molar-refractivity contribution in [1.82, 2.24) is 19.8 Å². The van der Waals surface area contributed by atoms with Crippen molar-refractivity contribution >= 4 is 22.8 Å². The maximum absolute atomic E-state index is 12.8. The molecule has 0 aliphatic carbocycles. The van der Waals surface area contributed by atoms with Crippen molar-refractivity contribution in [2.75, 3.05) is 32.8 Å². The van der Waals surface area contributed by atoms with Gasteiger partial charge in [0.2, 0.25) is 5.91 Å². The van der Waals surface area contributed by atoms with Crippen molar-refractivity contribution in [1.29, 1.82) is 0 Å². The van der Waals surface area contributed by atoms with E-state index in [9.17, 15) is 9.59 Å². The monoisotopic (exact) mass is 406 g/mol. The van der Waals surface area contributed by atoms with Crippen LogP contribution < -0.4 is 5.32 Å². The number of carbonyl (C=O) groups is 2. The minimum atomic E-state index is -0.109. The fourth-order valence-electron chi connectivity index (χ4n) is 3.64. The smallest absolute Gasteiger partial charge is 0.251 e. The number of aryl methyl sites for hydroxylation is 1. The van der Waals surface area contributed by atoms with Gasteiger partial charge in [-0.15, -0.1) is 0 Å². The molecule has 0 bridgehead atoms. The average molecular weight is 406 g/mol. The Morgan fingerprint density at radius 1 is 1.07 bits per heavy atom. The number of rotatable bonds is 6. The first-order chi connectivity index (χ1) is 14.6. The summed E-state index contributed by atoms with van der Waals surface area (Å²) in [6, 6.07) is 15.3. The molecule has 1 N–H and O–H groups in total. The van der Waals surface area contributed by atoms with E-state index in [-0.39, 0.29) is 18.4 Å². The molecule has 2 aromatic carbocycles. The van der Waals surface area contributed by atoms with E-state index in [0.29, 0.717) is 44.8 Å². The molecule has 4 rings (SSSR count). The molecule has 7 nitrogen and oxygen atoms in total. The predicted octanol–water partition coefficient (Wildman–Crippen LogP) is 2.18. The van der Waals surface area contributed by atoms with Crippen molar-refractivity contribution in [3.05, 3.63) is 65.5 Å². The fraction of sp³-hybridized carbons (Fsp3) is 0.348. The third kappa shape index (κ3) is 4.52. The van der Waals surface area contributed by atoms with Crippen LogP contribution in [-0.4, -0.2) is 59.1 Å². The lowest BCUT2D eigenvalue weighted by Crippen LogP contribution is -2.42. The number of nitrogens with zero attached hydrogens (tertiary/aromatic N) is 3. The number of imidazole rings is 1. The summed E-state index contributed by atoms with van der Waals surface area (Å²) < 4.78 is 7.31. The van der Waals surface area contributed by atoms with Crippen molar-refractivity contribution in [2.24, 2.45) is 0 Å². The third-order valence-electron chi connectivity index (χ3n) is 5.34. The first-order valence-electron chi connectivity index (χ1n) is 10.3. The number of aromatic nitrogens is 2. The minimum absolute atomic E-state index is 0.0615. The zero-order valence-electron chi connectivity index (χ0n) is 17.1. The standard InChI is InChI=1S/C23H26N4O3/c1-17-6-8-18(9-7-17)23(29)24-11-10-21-25-19-4-2-3-5-20(19)27(21)16-22(28)26-12-14-30-15-13-26/h2-9H,10-16H2,1H3,(H,24,29). The Hall–Kier alpha value is -3.19. The van der Waals surface area contributed by atoms with Crippen LogP contribution in [0.15, 0.2) is 48.5 Å². The number of amides is 2. The first kappa shape index (κ1) is 20.1. The molecule has 1 aliphatic rings. The van der Waals surface area contributed by atoms with Crippen LogP contribution in [0.1, 0.15) is 21.7 Å². The lowest BCUT2D eigenvalue weighted by atomic mass is 10.1. The third-order valence-corrected chi connectivity index (χ3v) is 5.34. The van der Waals surface area contributed by atoms with Gasteiger partial charge in [0.1, 0.15) is 12.4 Å². The van der Waals surface area contributed by atoms with Crippen LogP contribution >= 0.6 is 0 Å². The molecule has 1 saturated heterocycles. The van der Waals surface area contributed by atoms with Gasteiger partial charge in [0.05, 0.1) is 24.2 Å². The highest BCUT2D eigenvalue weighted by atomic mass is 16.5. The highest BCUT2D eigenvalue weighted by molar-refractivity contribution is 5.94. The van der Waals surface area contributed by atoms with Gasteiger partial charge >= 0.3 is 0 Å². The number of fused-ring (bicyclic) bond motifs is 1. The molecule has 156 valence electrons. The fourth-order valence-corrected chi connectivity index (χ4v) is 3.64. The Bertz CT molecular complexity index is 1040. The molecule has 2 heterocycles. The van der Waals surface area contributed by atoms with Crippen LogP contribution in [0.4, 0.5) is 0 Å². The van der Waals surface area contributed by atoms with Gasteiger partial charge in [-0.3, -0.25) is 9.59 Å². The molecule has 0 atom stereocenters. The van der Waals surface area contributed by atoms with E-state index in [1.165, 1.54) is 0 Å². The van der Waals surface area contributed by atoms with Gasteiger partial charge < -0.3 is 19.5 Å². The van der Waals surface area contributed by atoms with Gasteiger partial charge in [-0.2, -0.15) is 0 Å². The van der Waals surface area contributed by atoms with E-state index in [4.69, 9.17) is 9.72 Å². The molecular weight excluding hydrogens is 380 g/mol. The number of morpholine rings is 1. The highest BCUT2D eigenvalue weighted by Gasteiger charge is 2.20. The lowest BCUT2D eigenvalue weighted by molar-refractivity contribution is -0.135. The number of ether oxygens (including phenoxy) is 1. The summed E-state index contributed by atoms with van der Waals surface area (Å²) in [6.45, 7) is 5.07. The number of carbonyl (C=O) groups excluding carboxylic acids is 2. The average Bonchev–Trinajstić information content (AvgIpc) is 3.12. The van der Waals surface area contributed by atoms with Gasteiger partial charge in [0.15, 0.2) is 0 Å². The molecule has 1 aliphatic heterocycles. The van der Waals surface area contributed by atoms with Crippen LogP contribution in [0, 0.1) is 6.92 Å². The molecule has 30 heavy (non-hydrogen) atoms. The molecule has 7 heteroatoms. The second-order valence-corrected chi connectivity index (χ2v) is 7.47. The second kappa shape index (κ2) is 9.09. The number of nitrogens with one attached hydrogen (secondary N) is 1. The van der Waals surface area contributed by atoms with Gasteiger partial charge in [-0.25, -0.2) is 4.98 Å². The normalized spacial score (nSPS) is 14.1. The van der Waals surface area contributed by atoms with Crippen molar-refractivity contribution < 1.29 is 14.3 Å². The van der Waals surface area contributed by atoms with Gasteiger partial charge in [0, 0.05) is 31.6 Å². The van der Waals surface area contributed by atoms with Gasteiger partial charge in [0.25, 0.3) is 5.91 Å². The number of hydrogen-bond acceptors (Lipinski definition) is 4. The SMILES string of the molecule is Cc1ccc(C(=O)NCCc2nc3ccccc3n2CC(=O)N2CCOCC2)cc1. The molecule has 0 spiro atoms. The number of benzene rings is 2. The summed E-state index contributed by atoms with van der Waals surface area (Å²) in [5, 5.41) is 2.95. The van der Waals surface area contributed by atoms with Crippen molar-refractivity contribution in [3.8, 4) is 0 Å². The second-order valence-electron chi connectivity index (χ2n) is 7.47. The zero-order valence-corrected chi connectivity index (χ0v) is 17.1. The molecule has 2 amide bonds. The minimum Gasteiger partial charge on any atom is -0.378 e. The van der Waals surface area contributed by atoms with Crippen LogP contribution in [0.25, 0.3) is 11.0 Å². The Balaban J connectivity index is 1.46. The number of para-hydroxylation sites is 2. The van der Waals surface area contributed by atoms with Crippen molar-refractivity contribution in [2.45, 2.75) is 19.9 Å². The van der Waals surface area contributed by atoms with Gasteiger partial charge in [-0.1, -0.05) is 29.8 Å². The predicted molar refractivity (Wildman–Crippen MR) is 114 cm³/mol. The quantitative estimate of drug-likeness (QED) is 0.681. The maximum atomic E-state index is 12.8. The molecule has 0 radical (unpaired) electrons. The van der Waals surface area contributed by atoms with E-state index in [1.807, 2.05) is 64.9 Å². The summed E-state index contributed by atoms with van der Waals surface area (Å²) in [4.78, 5) is 31.7. The molecular formula is C23H26N4O3. The van der Waals surface area contributed by atoms with E-state index >= 15 is 0 Å². The summed E-state index contributed by atoms with van der Waals surface area (Å²) in [5.74, 6) is 0.746. The zero-order chi connectivity index (χ0) is 20.9. The summed E-state index contributed by atoms with van der Waals surface area (Å²) in [5.41, 5.74) is 3.54. The summed E-state index contributed by atoms with van der Waals surface area (Å²) in [6.07, 6.45) is 0.544. The molecule has 0 saturated carbocycles. The van der Waals surface area contributed by atoms with E-state index in [1.54, 1.807) is 0 Å². The van der Waals surface area contributed by atoms with Gasteiger partial charge in [-0.05, 0) is 31.2 Å².